The highest BCUT2D eigenvalue weighted by Gasteiger charge is 2.12. The number of carbonyl (C=O) groups is 1. The van der Waals surface area contributed by atoms with E-state index in [0.29, 0.717) is 12.0 Å². The summed E-state index contributed by atoms with van der Waals surface area (Å²) >= 11 is 0. The molecule has 3 rings (SSSR count). The van der Waals surface area contributed by atoms with Crippen LogP contribution in [0.1, 0.15) is 68.7 Å². The summed E-state index contributed by atoms with van der Waals surface area (Å²) in [5.74, 6) is -0.387. The molecule has 0 aromatic heterocycles. The Hall–Kier alpha value is -3.17. The van der Waals surface area contributed by atoms with E-state index in [1.807, 2.05) is 0 Å². The van der Waals surface area contributed by atoms with E-state index in [9.17, 15) is 9.90 Å². The van der Waals surface area contributed by atoms with Crippen molar-refractivity contribution >= 4 is 5.97 Å². The van der Waals surface area contributed by atoms with Crippen molar-refractivity contribution in [2.45, 2.75) is 72.3 Å². The summed E-state index contributed by atoms with van der Waals surface area (Å²) in [7, 11) is 0. The minimum Gasteiger partial charge on any atom is -0.457 e. The first-order chi connectivity index (χ1) is 17.5. The van der Waals surface area contributed by atoms with Crippen LogP contribution in [0.15, 0.2) is 72.8 Å². The van der Waals surface area contributed by atoms with Gasteiger partial charge in [-0.3, -0.25) is 0 Å². The highest BCUT2D eigenvalue weighted by atomic mass is 16.5. The fraction of sp³-hybridized carbons (Fsp3) is 0.364. The minimum absolute atomic E-state index is 0.133. The monoisotopic (exact) mass is 484 g/mol. The van der Waals surface area contributed by atoms with Crippen LogP contribution in [-0.2, 0) is 35.4 Å². The Morgan fingerprint density at radius 2 is 1.47 bits per heavy atom. The number of esters is 1. The van der Waals surface area contributed by atoms with E-state index in [-0.39, 0.29) is 19.2 Å². The normalized spacial score (nSPS) is 10.9. The molecule has 0 saturated heterocycles. The summed E-state index contributed by atoms with van der Waals surface area (Å²) in [6.07, 6.45) is 7.28. The summed E-state index contributed by atoms with van der Waals surface area (Å²) in [6.45, 7) is 10.1. The van der Waals surface area contributed by atoms with Crippen LogP contribution in [0.2, 0.25) is 0 Å². The Kier molecular flexibility index (Phi) is 10.5. The molecule has 0 atom stereocenters. The van der Waals surface area contributed by atoms with Crippen LogP contribution in [0.4, 0.5) is 0 Å². The van der Waals surface area contributed by atoms with Crippen LogP contribution < -0.4 is 0 Å². The summed E-state index contributed by atoms with van der Waals surface area (Å²) in [6, 6.07) is 22.0. The third-order valence-electron chi connectivity index (χ3n) is 6.67. The molecule has 3 aromatic rings. The first-order valence-corrected chi connectivity index (χ1v) is 13.2. The quantitative estimate of drug-likeness (QED) is 0.153. The van der Waals surface area contributed by atoms with E-state index < -0.39 is 0 Å². The maximum Gasteiger partial charge on any atom is 0.333 e. The molecule has 190 valence electrons. The molecule has 0 unspecified atom stereocenters. The largest absolute Gasteiger partial charge is 0.457 e. The Labute approximate surface area is 216 Å². The van der Waals surface area contributed by atoms with Crippen molar-refractivity contribution in [2.75, 3.05) is 6.61 Å². The molecule has 3 heteroatoms. The van der Waals surface area contributed by atoms with Gasteiger partial charge in [0.05, 0.1) is 0 Å². The molecule has 0 heterocycles. The molecular formula is C33H40O3. The molecule has 0 amide bonds. The molecular weight excluding hydrogens is 444 g/mol. The van der Waals surface area contributed by atoms with E-state index in [1.54, 1.807) is 6.92 Å². The van der Waals surface area contributed by atoms with Crippen molar-refractivity contribution in [3.63, 3.8) is 0 Å². The van der Waals surface area contributed by atoms with Gasteiger partial charge in [0.15, 0.2) is 0 Å². The summed E-state index contributed by atoms with van der Waals surface area (Å²) < 4.78 is 5.46. The standard InChI is InChI=1S/C33H40O3/c1-5-7-8-10-25-12-14-28(15-13-25)32-19-18-30(21-26(32)6-2)29-17-16-27(11-9-20-34)31(22-29)23-36-33(35)24(3)4/h12-19,21-22,34H,3,5-11,20,23H2,1-2,4H3. The number of unbranched alkanes of at least 4 members (excludes halogenated alkanes) is 2. The van der Waals surface area contributed by atoms with E-state index in [1.165, 1.54) is 41.5 Å². The number of rotatable bonds is 13. The molecule has 1 N–H and O–H groups in total. The Morgan fingerprint density at radius 1 is 0.806 bits per heavy atom. The third kappa shape index (κ3) is 7.41. The van der Waals surface area contributed by atoms with Crippen molar-refractivity contribution in [1.29, 1.82) is 0 Å². The zero-order chi connectivity index (χ0) is 25.9. The maximum absolute atomic E-state index is 12.0. The number of aliphatic hydroxyl groups excluding tert-OH is 1. The third-order valence-corrected chi connectivity index (χ3v) is 6.67. The van der Waals surface area contributed by atoms with Crippen LogP contribution >= 0.6 is 0 Å². The van der Waals surface area contributed by atoms with E-state index >= 15 is 0 Å². The molecule has 0 aliphatic heterocycles. The Bertz CT molecular complexity index is 1160. The first-order valence-electron chi connectivity index (χ1n) is 13.2. The fourth-order valence-electron chi connectivity index (χ4n) is 4.50. The molecule has 0 spiro atoms. The SMILES string of the molecule is C=C(C)C(=O)OCc1cc(-c2ccc(-c3ccc(CCCCC)cc3)c(CC)c2)ccc1CCCO. The number of benzene rings is 3. The second kappa shape index (κ2) is 13.8. The van der Waals surface area contributed by atoms with Crippen molar-refractivity contribution < 1.29 is 14.6 Å². The van der Waals surface area contributed by atoms with Gasteiger partial charge in [-0.1, -0.05) is 87.9 Å². The Balaban J connectivity index is 1.87. The van der Waals surface area contributed by atoms with E-state index in [0.717, 1.165) is 41.5 Å². The molecule has 0 bridgehead atoms. The number of carbonyl (C=O) groups excluding carboxylic acids is 1. The lowest BCUT2D eigenvalue weighted by atomic mass is 9.91. The van der Waals surface area contributed by atoms with Crippen LogP contribution in [0.25, 0.3) is 22.3 Å². The number of ether oxygens (including phenoxy) is 1. The molecule has 3 nitrogen and oxygen atoms in total. The van der Waals surface area contributed by atoms with E-state index in [4.69, 9.17) is 4.74 Å². The van der Waals surface area contributed by atoms with Crippen molar-refractivity contribution in [3.05, 3.63) is 95.1 Å². The number of hydrogen-bond donors (Lipinski definition) is 1. The van der Waals surface area contributed by atoms with Crippen LogP contribution in [0.3, 0.4) is 0 Å². The zero-order valence-corrected chi connectivity index (χ0v) is 22.1. The predicted molar refractivity (Wildman–Crippen MR) is 150 cm³/mol. The van der Waals surface area contributed by atoms with Gasteiger partial charge in [-0.05, 0) is 89.6 Å². The molecule has 0 fully saturated rings. The smallest absolute Gasteiger partial charge is 0.333 e. The lowest BCUT2D eigenvalue weighted by molar-refractivity contribution is -0.140. The van der Waals surface area contributed by atoms with Gasteiger partial charge < -0.3 is 9.84 Å². The van der Waals surface area contributed by atoms with Gasteiger partial charge in [0.1, 0.15) is 6.61 Å². The van der Waals surface area contributed by atoms with E-state index in [2.05, 4.69) is 81.1 Å². The van der Waals surface area contributed by atoms with Crippen molar-refractivity contribution in [3.8, 4) is 22.3 Å². The molecule has 0 aliphatic carbocycles. The van der Waals surface area contributed by atoms with Gasteiger partial charge in [0, 0.05) is 12.2 Å². The fourth-order valence-corrected chi connectivity index (χ4v) is 4.50. The van der Waals surface area contributed by atoms with Gasteiger partial charge >= 0.3 is 5.97 Å². The second-order valence-electron chi connectivity index (χ2n) is 9.55. The minimum atomic E-state index is -0.387. The van der Waals surface area contributed by atoms with Crippen molar-refractivity contribution in [2.24, 2.45) is 0 Å². The average molecular weight is 485 g/mol. The highest BCUT2D eigenvalue weighted by molar-refractivity contribution is 5.87. The topological polar surface area (TPSA) is 46.5 Å². The second-order valence-corrected chi connectivity index (χ2v) is 9.55. The van der Waals surface area contributed by atoms with Gasteiger partial charge in [-0.2, -0.15) is 0 Å². The van der Waals surface area contributed by atoms with Gasteiger partial charge in [-0.25, -0.2) is 4.79 Å². The van der Waals surface area contributed by atoms with Gasteiger partial charge in [0.2, 0.25) is 0 Å². The summed E-state index contributed by atoms with van der Waals surface area (Å²) in [5.41, 5.74) is 9.93. The predicted octanol–water partition coefficient (Wildman–Crippen LogP) is 7.86. The summed E-state index contributed by atoms with van der Waals surface area (Å²) in [4.78, 5) is 12.0. The molecule has 36 heavy (non-hydrogen) atoms. The summed E-state index contributed by atoms with van der Waals surface area (Å²) in [5, 5.41) is 9.29. The lowest BCUT2D eigenvalue weighted by Gasteiger charge is -2.15. The molecule has 3 aromatic carbocycles. The molecule has 0 saturated carbocycles. The molecule has 0 aliphatic rings. The maximum atomic E-state index is 12.0. The van der Waals surface area contributed by atoms with Crippen LogP contribution in [0.5, 0.6) is 0 Å². The Morgan fingerprint density at radius 3 is 2.11 bits per heavy atom. The number of aryl methyl sites for hydroxylation is 3. The average Bonchev–Trinajstić information content (AvgIpc) is 2.90. The molecule has 0 radical (unpaired) electrons. The highest BCUT2D eigenvalue weighted by Crippen LogP contribution is 2.31. The van der Waals surface area contributed by atoms with Gasteiger partial charge in [0.25, 0.3) is 0 Å². The zero-order valence-electron chi connectivity index (χ0n) is 22.1. The van der Waals surface area contributed by atoms with Crippen LogP contribution in [-0.4, -0.2) is 17.7 Å². The van der Waals surface area contributed by atoms with Gasteiger partial charge in [-0.15, -0.1) is 0 Å². The van der Waals surface area contributed by atoms with Crippen molar-refractivity contribution in [1.82, 2.24) is 0 Å². The number of hydrogen-bond acceptors (Lipinski definition) is 3. The van der Waals surface area contributed by atoms with Crippen LogP contribution in [0, 0.1) is 0 Å². The number of aliphatic hydroxyl groups is 1. The lowest BCUT2D eigenvalue weighted by Crippen LogP contribution is -2.07. The first kappa shape index (κ1) is 27.4.